The number of hydrogen-bond acceptors (Lipinski definition) is 3. The topological polar surface area (TPSA) is 80.5 Å². The Kier molecular flexibility index (Phi) is 4.22. The van der Waals surface area contributed by atoms with Crippen molar-refractivity contribution in [2.24, 2.45) is 11.1 Å². The van der Waals surface area contributed by atoms with E-state index in [1.807, 2.05) is 6.92 Å². The Labute approximate surface area is 127 Å². The smallest absolute Gasteiger partial charge is 0.255 e. The van der Waals surface area contributed by atoms with Crippen LogP contribution in [0.2, 0.25) is 0 Å². The normalized spacial score (nSPS) is 23.1. The highest BCUT2D eigenvalue weighted by molar-refractivity contribution is 9.10. The van der Waals surface area contributed by atoms with Crippen molar-refractivity contribution in [2.75, 3.05) is 6.54 Å². The lowest BCUT2D eigenvalue weighted by Crippen LogP contribution is -2.34. The van der Waals surface area contributed by atoms with Gasteiger partial charge in [-0.05, 0) is 53.4 Å². The quantitative estimate of drug-likeness (QED) is 0.875. The average molecular weight is 361 g/mol. The van der Waals surface area contributed by atoms with Gasteiger partial charge in [0.1, 0.15) is 0 Å². The molecule has 1 saturated heterocycles. The molecule has 5 nitrogen and oxygen atoms in total. The largest absolute Gasteiger partial charge is 0.336 e. The number of benzene rings is 1. The maximum Gasteiger partial charge on any atom is 0.255 e. The lowest BCUT2D eigenvalue weighted by Gasteiger charge is -2.22. The molecule has 0 aromatic heterocycles. The number of primary sulfonamides is 1. The molecule has 0 bridgehead atoms. The van der Waals surface area contributed by atoms with Crippen LogP contribution >= 0.6 is 15.9 Å². The van der Waals surface area contributed by atoms with Crippen molar-refractivity contribution >= 4 is 31.9 Å². The lowest BCUT2D eigenvalue weighted by molar-refractivity contribution is 0.0742. The molecule has 0 spiro atoms. The van der Waals surface area contributed by atoms with Crippen LogP contribution in [0.1, 0.15) is 30.6 Å². The molecule has 2 N–H and O–H groups in total. The van der Waals surface area contributed by atoms with Gasteiger partial charge in [0.15, 0.2) is 0 Å². The second-order valence-corrected chi connectivity index (χ2v) is 7.75. The van der Waals surface area contributed by atoms with E-state index in [1.54, 1.807) is 4.90 Å². The number of carbonyl (C=O) groups is 1. The first-order chi connectivity index (χ1) is 9.20. The third kappa shape index (κ3) is 3.05. The van der Waals surface area contributed by atoms with Crippen molar-refractivity contribution in [1.29, 1.82) is 0 Å². The Morgan fingerprint density at radius 2 is 2.05 bits per heavy atom. The fraction of sp³-hybridized carbons (Fsp3) is 0.462. The number of amides is 1. The van der Waals surface area contributed by atoms with Crippen molar-refractivity contribution in [1.82, 2.24) is 4.90 Å². The number of halogens is 1. The molecule has 1 aromatic rings. The van der Waals surface area contributed by atoms with Gasteiger partial charge in [0, 0.05) is 17.1 Å². The monoisotopic (exact) mass is 360 g/mol. The van der Waals surface area contributed by atoms with Gasteiger partial charge in [0.2, 0.25) is 10.0 Å². The highest BCUT2D eigenvalue weighted by atomic mass is 79.9. The zero-order valence-corrected chi connectivity index (χ0v) is 13.7. The summed E-state index contributed by atoms with van der Waals surface area (Å²) < 4.78 is 23.4. The molecule has 1 heterocycles. The predicted octanol–water partition coefficient (Wildman–Crippen LogP) is 1.97. The van der Waals surface area contributed by atoms with Crippen LogP contribution in [0.4, 0.5) is 0 Å². The van der Waals surface area contributed by atoms with Crippen LogP contribution in [0.3, 0.4) is 0 Å². The molecule has 1 fully saturated rings. The third-order valence-electron chi connectivity index (χ3n) is 3.54. The number of carbonyl (C=O) groups excluding carboxylic acids is 1. The number of sulfonamides is 1. The molecular weight excluding hydrogens is 344 g/mol. The number of rotatable bonds is 2. The van der Waals surface area contributed by atoms with Crippen LogP contribution in [0.15, 0.2) is 27.6 Å². The maximum atomic E-state index is 12.6. The van der Waals surface area contributed by atoms with E-state index >= 15 is 0 Å². The molecule has 1 aliphatic rings. The highest BCUT2D eigenvalue weighted by Gasteiger charge is 2.31. The second-order valence-electron chi connectivity index (χ2n) is 5.33. The van der Waals surface area contributed by atoms with E-state index in [-0.39, 0.29) is 16.8 Å². The zero-order valence-electron chi connectivity index (χ0n) is 11.3. The summed E-state index contributed by atoms with van der Waals surface area (Å²) in [6.07, 6.45) is 0.957. The van der Waals surface area contributed by atoms with E-state index in [9.17, 15) is 13.2 Å². The number of nitrogens with two attached hydrogens (primary N) is 1. The molecule has 1 aromatic carbocycles. The summed E-state index contributed by atoms with van der Waals surface area (Å²) >= 11 is 3.30. The van der Waals surface area contributed by atoms with E-state index in [4.69, 9.17) is 5.14 Å². The Hall–Kier alpha value is -0.920. The predicted molar refractivity (Wildman–Crippen MR) is 79.8 cm³/mol. The summed E-state index contributed by atoms with van der Waals surface area (Å²) in [5.74, 6) is 0.286. The number of likely N-dealkylation sites (tertiary alicyclic amines) is 1. The molecule has 1 aliphatic heterocycles. The molecule has 0 radical (unpaired) electrons. The van der Waals surface area contributed by atoms with Gasteiger partial charge in [0.25, 0.3) is 5.91 Å². The SMILES string of the molecule is CC1CC(C)N(C(=O)c2cc(S(N)(=O)=O)ccc2Br)C1. The zero-order chi connectivity index (χ0) is 15.1. The van der Waals surface area contributed by atoms with Crippen LogP contribution in [0.5, 0.6) is 0 Å². The third-order valence-corrected chi connectivity index (χ3v) is 5.14. The van der Waals surface area contributed by atoms with E-state index in [0.29, 0.717) is 22.5 Å². The van der Waals surface area contributed by atoms with E-state index in [0.717, 1.165) is 6.42 Å². The summed E-state index contributed by atoms with van der Waals surface area (Å²) in [7, 11) is -3.81. The van der Waals surface area contributed by atoms with Gasteiger partial charge in [-0.25, -0.2) is 13.6 Å². The van der Waals surface area contributed by atoms with Gasteiger partial charge >= 0.3 is 0 Å². The van der Waals surface area contributed by atoms with Gasteiger partial charge in [0.05, 0.1) is 10.5 Å². The van der Waals surface area contributed by atoms with Crippen molar-refractivity contribution in [3.63, 3.8) is 0 Å². The van der Waals surface area contributed by atoms with Crippen LogP contribution in [-0.2, 0) is 10.0 Å². The molecule has 20 heavy (non-hydrogen) atoms. The summed E-state index contributed by atoms with van der Waals surface area (Å²) in [5.41, 5.74) is 0.331. The van der Waals surface area contributed by atoms with Crippen molar-refractivity contribution in [3.8, 4) is 0 Å². The molecule has 1 amide bonds. The molecule has 0 aliphatic carbocycles. The highest BCUT2D eigenvalue weighted by Crippen LogP contribution is 2.28. The van der Waals surface area contributed by atoms with Gasteiger partial charge in [-0.3, -0.25) is 4.79 Å². The second kappa shape index (κ2) is 5.46. The van der Waals surface area contributed by atoms with Crippen LogP contribution in [0, 0.1) is 5.92 Å². The molecular formula is C13H17BrN2O3S. The first-order valence-electron chi connectivity index (χ1n) is 6.33. The summed E-state index contributed by atoms with van der Waals surface area (Å²) in [4.78, 5) is 14.3. The molecule has 110 valence electrons. The van der Waals surface area contributed by atoms with Gasteiger partial charge in [-0.1, -0.05) is 6.92 Å². The van der Waals surface area contributed by atoms with Gasteiger partial charge < -0.3 is 4.90 Å². The van der Waals surface area contributed by atoms with E-state index < -0.39 is 10.0 Å². The fourth-order valence-corrected chi connectivity index (χ4v) is 3.54. The molecule has 7 heteroatoms. The van der Waals surface area contributed by atoms with Crippen LogP contribution < -0.4 is 5.14 Å². The summed E-state index contributed by atoms with van der Waals surface area (Å²) in [6.45, 7) is 4.78. The van der Waals surface area contributed by atoms with Crippen LogP contribution in [0.25, 0.3) is 0 Å². The molecule has 2 unspecified atom stereocenters. The minimum Gasteiger partial charge on any atom is -0.336 e. The van der Waals surface area contributed by atoms with Gasteiger partial charge in [-0.15, -0.1) is 0 Å². The number of hydrogen-bond donors (Lipinski definition) is 1. The average Bonchev–Trinajstić information content (AvgIpc) is 2.66. The minimum atomic E-state index is -3.81. The molecule has 0 saturated carbocycles. The standard InChI is InChI=1S/C13H17BrN2O3S/c1-8-5-9(2)16(7-8)13(17)11-6-10(20(15,18)19)3-4-12(11)14/h3-4,6,8-9H,5,7H2,1-2H3,(H2,15,18,19). The Balaban J connectivity index is 2.40. The Bertz CT molecular complexity index is 645. The van der Waals surface area contributed by atoms with Crippen molar-refractivity contribution in [3.05, 3.63) is 28.2 Å². The van der Waals surface area contributed by atoms with Crippen molar-refractivity contribution < 1.29 is 13.2 Å². The van der Waals surface area contributed by atoms with Gasteiger partial charge in [-0.2, -0.15) is 0 Å². The molecule has 2 atom stereocenters. The molecule has 2 rings (SSSR count). The first-order valence-corrected chi connectivity index (χ1v) is 8.67. The van der Waals surface area contributed by atoms with Crippen molar-refractivity contribution in [2.45, 2.75) is 31.2 Å². The number of nitrogens with zero attached hydrogens (tertiary/aromatic N) is 1. The minimum absolute atomic E-state index is 0.0519. The first kappa shape index (κ1) is 15.5. The van der Waals surface area contributed by atoms with Crippen LogP contribution in [-0.4, -0.2) is 31.8 Å². The Morgan fingerprint density at radius 3 is 2.55 bits per heavy atom. The summed E-state index contributed by atoms with van der Waals surface area (Å²) in [5, 5.41) is 5.11. The summed E-state index contributed by atoms with van der Waals surface area (Å²) in [6, 6.07) is 4.41. The Morgan fingerprint density at radius 1 is 1.40 bits per heavy atom. The van der Waals surface area contributed by atoms with E-state index in [1.165, 1.54) is 18.2 Å². The maximum absolute atomic E-state index is 12.6. The fourth-order valence-electron chi connectivity index (χ4n) is 2.58. The lowest BCUT2D eigenvalue weighted by atomic mass is 10.1. The van der Waals surface area contributed by atoms with E-state index in [2.05, 4.69) is 22.9 Å².